The minimum Gasteiger partial charge on any atom is -0.378 e. The van der Waals surface area contributed by atoms with E-state index >= 15 is 0 Å². The Bertz CT molecular complexity index is 393. The molecular formula is C13H23N3O2S. The minimum atomic E-state index is -0.0736. The first-order valence-electron chi connectivity index (χ1n) is 6.75. The Morgan fingerprint density at radius 3 is 2.68 bits per heavy atom. The van der Waals surface area contributed by atoms with Gasteiger partial charge in [0.2, 0.25) is 11.0 Å². The highest BCUT2D eigenvalue weighted by Gasteiger charge is 2.09. The molecule has 0 saturated heterocycles. The molecule has 0 saturated carbocycles. The largest absolute Gasteiger partial charge is 0.378 e. The Morgan fingerprint density at radius 1 is 1.37 bits per heavy atom. The summed E-state index contributed by atoms with van der Waals surface area (Å²) in [6, 6.07) is 0. The number of nitrogens with zero attached hydrogens (tertiary/aromatic N) is 2. The van der Waals surface area contributed by atoms with Gasteiger partial charge in [0.15, 0.2) is 0 Å². The number of anilines is 1. The lowest BCUT2D eigenvalue weighted by Crippen LogP contribution is -2.17. The smallest absolute Gasteiger partial charge is 0.228 e. The zero-order valence-electron chi connectivity index (χ0n) is 12.1. The van der Waals surface area contributed by atoms with Crippen LogP contribution in [0.3, 0.4) is 0 Å². The molecule has 1 rings (SSSR count). The first kappa shape index (κ1) is 16.0. The maximum absolute atomic E-state index is 11.7. The van der Waals surface area contributed by atoms with Gasteiger partial charge in [-0.1, -0.05) is 32.1 Å². The molecule has 1 aromatic heterocycles. The van der Waals surface area contributed by atoms with Crippen molar-refractivity contribution in [2.75, 3.05) is 11.9 Å². The molecule has 0 aliphatic rings. The number of carbonyl (C=O) groups excluding carboxylic acids is 1. The molecule has 1 aromatic rings. The topological polar surface area (TPSA) is 64.1 Å². The van der Waals surface area contributed by atoms with Crippen LogP contribution in [-0.4, -0.2) is 28.8 Å². The third kappa shape index (κ3) is 6.63. The van der Waals surface area contributed by atoms with Gasteiger partial charge in [0.05, 0.1) is 19.1 Å². The number of hydrogen-bond acceptors (Lipinski definition) is 5. The maximum Gasteiger partial charge on any atom is 0.228 e. The molecule has 0 aliphatic heterocycles. The van der Waals surface area contributed by atoms with Crippen molar-refractivity contribution in [3.63, 3.8) is 0 Å². The van der Waals surface area contributed by atoms with Gasteiger partial charge in [-0.05, 0) is 25.7 Å². The molecule has 6 heteroatoms. The van der Waals surface area contributed by atoms with E-state index in [1.165, 1.54) is 11.3 Å². The SMILES string of the molecule is CCc1nnc(NC(=O)CCO[C@H](C)CC(C)C)s1. The van der Waals surface area contributed by atoms with Gasteiger partial charge in [0.1, 0.15) is 5.01 Å². The normalized spacial score (nSPS) is 12.7. The van der Waals surface area contributed by atoms with Gasteiger partial charge in [0.25, 0.3) is 0 Å². The summed E-state index contributed by atoms with van der Waals surface area (Å²) in [5, 5.41) is 12.1. The lowest BCUT2D eigenvalue weighted by molar-refractivity contribution is -0.117. The molecule has 108 valence electrons. The lowest BCUT2D eigenvalue weighted by Gasteiger charge is -2.14. The number of nitrogens with one attached hydrogen (secondary N) is 1. The molecule has 5 nitrogen and oxygen atoms in total. The lowest BCUT2D eigenvalue weighted by atomic mass is 10.1. The third-order valence-electron chi connectivity index (χ3n) is 2.55. The second-order valence-corrected chi connectivity index (χ2v) is 6.03. The monoisotopic (exact) mass is 285 g/mol. The van der Waals surface area contributed by atoms with Crippen LogP contribution in [0.1, 0.15) is 45.5 Å². The molecular weight excluding hydrogens is 262 g/mol. The number of carbonyl (C=O) groups is 1. The van der Waals surface area contributed by atoms with E-state index in [0.717, 1.165) is 17.8 Å². The van der Waals surface area contributed by atoms with Crippen molar-refractivity contribution in [3.05, 3.63) is 5.01 Å². The summed E-state index contributed by atoms with van der Waals surface area (Å²) in [5.74, 6) is 0.535. The summed E-state index contributed by atoms with van der Waals surface area (Å²) < 4.78 is 5.59. The summed E-state index contributed by atoms with van der Waals surface area (Å²) in [6.45, 7) is 8.81. The number of hydrogen-bond donors (Lipinski definition) is 1. The predicted octanol–water partition coefficient (Wildman–Crippen LogP) is 2.88. The van der Waals surface area contributed by atoms with Crippen LogP contribution in [0.5, 0.6) is 0 Å². The van der Waals surface area contributed by atoms with Crippen LogP contribution in [-0.2, 0) is 16.0 Å². The Hall–Kier alpha value is -1.01. The fourth-order valence-corrected chi connectivity index (χ4v) is 2.41. The van der Waals surface area contributed by atoms with Gasteiger partial charge < -0.3 is 10.1 Å². The zero-order valence-corrected chi connectivity index (χ0v) is 12.9. The predicted molar refractivity (Wildman–Crippen MR) is 77.4 cm³/mol. The summed E-state index contributed by atoms with van der Waals surface area (Å²) in [4.78, 5) is 11.7. The number of rotatable bonds is 8. The first-order chi connectivity index (χ1) is 9.01. The van der Waals surface area contributed by atoms with Crippen molar-refractivity contribution in [2.45, 2.75) is 53.1 Å². The van der Waals surface area contributed by atoms with Gasteiger partial charge in [-0.25, -0.2) is 0 Å². The second-order valence-electron chi connectivity index (χ2n) is 4.96. The summed E-state index contributed by atoms with van der Waals surface area (Å²) >= 11 is 1.41. The number of aromatic nitrogens is 2. The molecule has 0 aromatic carbocycles. The Balaban J connectivity index is 2.21. The standard InChI is InChI=1S/C13H23N3O2S/c1-5-12-15-16-13(19-12)14-11(17)6-7-18-10(4)8-9(2)3/h9-10H,5-8H2,1-4H3,(H,14,16,17)/t10-/m1/s1. The van der Waals surface area contributed by atoms with Crippen LogP contribution in [0, 0.1) is 5.92 Å². The van der Waals surface area contributed by atoms with Crippen LogP contribution in [0.25, 0.3) is 0 Å². The Kier molecular flexibility index (Phi) is 6.94. The molecule has 0 fully saturated rings. The van der Waals surface area contributed by atoms with Gasteiger partial charge >= 0.3 is 0 Å². The number of aryl methyl sites for hydroxylation is 1. The number of ether oxygens (including phenoxy) is 1. The molecule has 1 heterocycles. The van der Waals surface area contributed by atoms with Gasteiger partial charge in [0, 0.05) is 0 Å². The van der Waals surface area contributed by atoms with E-state index in [0.29, 0.717) is 24.1 Å². The molecule has 19 heavy (non-hydrogen) atoms. The molecule has 0 bridgehead atoms. The van der Waals surface area contributed by atoms with E-state index in [1.54, 1.807) is 0 Å². The van der Waals surface area contributed by atoms with Crippen molar-refractivity contribution >= 4 is 22.4 Å². The van der Waals surface area contributed by atoms with Crippen molar-refractivity contribution in [1.29, 1.82) is 0 Å². The van der Waals surface area contributed by atoms with Gasteiger partial charge in [-0.3, -0.25) is 4.79 Å². The highest BCUT2D eigenvalue weighted by Crippen LogP contribution is 2.15. The fraction of sp³-hybridized carbons (Fsp3) is 0.769. The highest BCUT2D eigenvalue weighted by atomic mass is 32.1. The summed E-state index contributed by atoms with van der Waals surface area (Å²) in [6.07, 6.45) is 2.39. The Labute approximate surface area is 118 Å². The van der Waals surface area contributed by atoms with Crippen LogP contribution < -0.4 is 5.32 Å². The van der Waals surface area contributed by atoms with E-state index < -0.39 is 0 Å². The van der Waals surface area contributed by atoms with Gasteiger partial charge in [-0.15, -0.1) is 10.2 Å². The van der Waals surface area contributed by atoms with Crippen molar-refractivity contribution in [1.82, 2.24) is 10.2 Å². The van der Waals surface area contributed by atoms with E-state index in [4.69, 9.17) is 4.74 Å². The van der Waals surface area contributed by atoms with Crippen LogP contribution in [0.4, 0.5) is 5.13 Å². The van der Waals surface area contributed by atoms with Gasteiger partial charge in [-0.2, -0.15) is 0 Å². The molecule has 0 aliphatic carbocycles. The molecule has 1 atom stereocenters. The third-order valence-corrected chi connectivity index (χ3v) is 3.53. The summed E-state index contributed by atoms with van der Waals surface area (Å²) in [7, 11) is 0. The van der Waals surface area contributed by atoms with Crippen LogP contribution in [0.15, 0.2) is 0 Å². The zero-order chi connectivity index (χ0) is 14.3. The maximum atomic E-state index is 11.7. The summed E-state index contributed by atoms with van der Waals surface area (Å²) in [5.41, 5.74) is 0. The van der Waals surface area contributed by atoms with Crippen LogP contribution in [0.2, 0.25) is 0 Å². The molecule has 0 radical (unpaired) electrons. The van der Waals surface area contributed by atoms with E-state index in [-0.39, 0.29) is 12.0 Å². The minimum absolute atomic E-state index is 0.0736. The average molecular weight is 285 g/mol. The van der Waals surface area contributed by atoms with Crippen molar-refractivity contribution in [2.24, 2.45) is 5.92 Å². The molecule has 1 amide bonds. The Morgan fingerprint density at radius 2 is 2.11 bits per heavy atom. The van der Waals surface area contributed by atoms with E-state index in [9.17, 15) is 4.79 Å². The quantitative estimate of drug-likeness (QED) is 0.797. The van der Waals surface area contributed by atoms with Crippen molar-refractivity contribution < 1.29 is 9.53 Å². The highest BCUT2D eigenvalue weighted by molar-refractivity contribution is 7.15. The van der Waals surface area contributed by atoms with Crippen LogP contribution >= 0.6 is 11.3 Å². The fourth-order valence-electron chi connectivity index (χ4n) is 1.71. The van der Waals surface area contributed by atoms with E-state index in [1.807, 2.05) is 13.8 Å². The molecule has 0 unspecified atom stereocenters. The average Bonchev–Trinajstić information content (AvgIpc) is 2.75. The molecule has 1 N–H and O–H groups in total. The van der Waals surface area contributed by atoms with E-state index in [2.05, 4.69) is 29.4 Å². The van der Waals surface area contributed by atoms with Crippen molar-refractivity contribution in [3.8, 4) is 0 Å². The second kappa shape index (κ2) is 8.22. The molecule has 0 spiro atoms. The number of amides is 1. The first-order valence-corrected chi connectivity index (χ1v) is 7.56.